The highest BCUT2D eigenvalue weighted by Crippen LogP contribution is 2.28. The van der Waals surface area contributed by atoms with E-state index < -0.39 is 0 Å². The van der Waals surface area contributed by atoms with Crippen molar-refractivity contribution in [3.63, 3.8) is 0 Å². The molecule has 1 aliphatic rings. The van der Waals surface area contributed by atoms with Crippen molar-refractivity contribution < 1.29 is 4.74 Å². The van der Waals surface area contributed by atoms with E-state index in [1.807, 2.05) is 0 Å². The van der Waals surface area contributed by atoms with Crippen LogP contribution < -0.4 is 15.5 Å². The number of benzene rings is 2. The molecule has 2 aromatic carbocycles. The van der Waals surface area contributed by atoms with E-state index >= 15 is 0 Å². The molecule has 1 heterocycles. The number of nitrogens with one attached hydrogen (secondary N) is 2. The number of fused-ring (bicyclic) bond motifs is 1. The summed E-state index contributed by atoms with van der Waals surface area (Å²) in [6.45, 7) is 4.22. The molecular weight excluding hydrogens is 451 g/mol. The van der Waals surface area contributed by atoms with E-state index in [1.54, 1.807) is 14.2 Å². The molecule has 0 fully saturated rings. The van der Waals surface area contributed by atoms with Crippen LogP contribution in [0.3, 0.4) is 0 Å². The summed E-state index contributed by atoms with van der Waals surface area (Å²) >= 11 is 0. The van der Waals surface area contributed by atoms with E-state index in [-0.39, 0.29) is 24.0 Å². The zero-order chi connectivity index (χ0) is 18.2. The monoisotopic (exact) mass is 480 g/mol. The summed E-state index contributed by atoms with van der Waals surface area (Å²) in [4.78, 5) is 6.68. The van der Waals surface area contributed by atoms with E-state index in [0.29, 0.717) is 6.61 Å². The third-order valence-corrected chi connectivity index (χ3v) is 4.66. The summed E-state index contributed by atoms with van der Waals surface area (Å²) in [7, 11) is 3.47. The molecule has 6 heteroatoms. The van der Waals surface area contributed by atoms with E-state index in [1.165, 1.54) is 22.4 Å². The predicted molar refractivity (Wildman–Crippen MR) is 123 cm³/mol. The summed E-state index contributed by atoms with van der Waals surface area (Å²) in [6, 6.07) is 17.5. The summed E-state index contributed by atoms with van der Waals surface area (Å²) in [6.07, 6.45) is 1.15. The number of anilines is 1. The molecule has 146 valence electrons. The number of halogens is 1. The second-order valence-corrected chi connectivity index (χ2v) is 6.46. The maximum absolute atomic E-state index is 5.04. The fourth-order valence-electron chi connectivity index (χ4n) is 3.23. The first-order valence-corrected chi connectivity index (χ1v) is 9.14. The van der Waals surface area contributed by atoms with Crippen molar-refractivity contribution >= 4 is 35.6 Å². The molecule has 0 atom stereocenters. The highest BCUT2D eigenvalue weighted by molar-refractivity contribution is 14.0. The van der Waals surface area contributed by atoms with Crippen molar-refractivity contribution in [3.8, 4) is 0 Å². The standard InChI is InChI=1S/C21H28N4O.HI/c1-22-21(23-12-14-26-2)24-15-17-7-9-18(10-8-17)16-25-13-11-19-5-3-4-6-20(19)25;/h3-10H,11-16H2,1-2H3,(H2,22,23,24);1H. The van der Waals surface area contributed by atoms with Crippen molar-refractivity contribution in [3.05, 3.63) is 65.2 Å². The van der Waals surface area contributed by atoms with E-state index in [9.17, 15) is 0 Å². The summed E-state index contributed by atoms with van der Waals surface area (Å²) in [5, 5.41) is 6.54. The van der Waals surface area contributed by atoms with Crippen molar-refractivity contribution in [1.29, 1.82) is 0 Å². The fraction of sp³-hybridized carbons (Fsp3) is 0.381. The molecule has 1 aliphatic heterocycles. The Balaban J connectivity index is 0.00000261. The molecule has 0 saturated carbocycles. The number of nitrogens with zero attached hydrogens (tertiary/aromatic N) is 2. The molecule has 2 N–H and O–H groups in total. The zero-order valence-corrected chi connectivity index (χ0v) is 18.4. The lowest BCUT2D eigenvalue weighted by atomic mass is 10.1. The van der Waals surface area contributed by atoms with Gasteiger partial charge in [0.05, 0.1) is 6.61 Å². The Morgan fingerprint density at radius 3 is 2.56 bits per heavy atom. The van der Waals surface area contributed by atoms with Gasteiger partial charge >= 0.3 is 0 Å². The number of hydrogen-bond acceptors (Lipinski definition) is 3. The molecule has 0 bridgehead atoms. The Labute approximate surface area is 179 Å². The molecule has 27 heavy (non-hydrogen) atoms. The minimum absolute atomic E-state index is 0. The average molecular weight is 480 g/mol. The minimum atomic E-state index is 0. The van der Waals surface area contributed by atoms with E-state index in [4.69, 9.17) is 4.74 Å². The smallest absolute Gasteiger partial charge is 0.191 e. The number of methoxy groups -OCH3 is 1. The van der Waals surface area contributed by atoms with Gasteiger partial charge in [0.1, 0.15) is 0 Å². The Hall–Kier alpha value is -1.80. The highest BCUT2D eigenvalue weighted by Gasteiger charge is 2.17. The van der Waals surface area contributed by atoms with Gasteiger partial charge in [-0.05, 0) is 29.2 Å². The topological polar surface area (TPSA) is 48.9 Å². The summed E-state index contributed by atoms with van der Waals surface area (Å²) < 4.78 is 5.04. The minimum Gasteiger partial charge on any atom is -0.383 e. The van der Waals surface area contributed by atoms with Gasteiger partial charge < -0.3 is 20.3 Å². The third kappa shape index (κ3) is 6.10. The lowest BCUT2D eigenvalue weighted by Gasteiger charge is -2.19. The predicted octanol–water partition coefficient (Wildman–Crippen LogP) is 3.18. The first-order valence-electron chi connectivity index (χ1n) is 9.14. The quantitative estimate of drug-likeness (QED) is 0.277. The number of rotatable bonds is 7. The van der Waals surface area contributed by atoms with Crippen LogP contribution in [0.25, 0.3) is 0 Å². The van der Waals surface area contributed by atoms with Crippen molar-refractivity contribution in [1.82, 2.24) is 10.6 Å². The number of para-hydroxylation sites is 1. The Morgan fingerprint density at radius 1 is 1.07 bits per heavy atom. The van der Waals surface area contributed by atoms with Gasteiger partial charge in [0, 0.05) is 46.0 Å². The molecule has 0 saturated heterocycles. The molecule has 3 rings (SSSR count). The van der Waals surface area contributed by atoms with Gasteiger partial charge in [0.2, 0.25) is 0 Å². The van der Waals surface area contributed by atoms with Gasteiger partial charge in [-0.1, -0.05) is 42.5 Å². The molecular formula is C21H29IN4O. The van der Waals surface area contributed by atoms with E-state index in [2.05, 4.69) is 69.1 Å². The molecule has 0 unspecified atom stereocenters. The maximum Gasteiger partial charge on any atom is 0.191 e. The second kappa shape index (κ2) is 11.1. The van der Waals surface area contributed by atoms with Crippen molar-refractivity contribution in [2.24, 2.45) is 4.99 Å². The number of guanidine groups is 1. The van der Waals surface area contributed by atoms with Crippen LogP contribution in [0.5, 0.6) is 0 Å². The normalized spacial score (nSPS) is 13.1. The van der Waals surface area contributed by atoms with Crippen LogP contribution in [-0.2, 0) is 24.2 Å². The third-order valence-electron chi connectivity index (χ3n) is 4.66. The fourth-order valence-corrected chi connectivity index (χ4v) is 3.23. The summed E-state index contributed by atoms with van der Waals surface area (Å²) in [5.41, 5.74) is 5.42. The number of ether oxygens (including phenoxy) is 1. The molecule has 0 radical (unpaired) electrons. The molecule has 5 nitrogen and oxygen atoms in total. The molecule has 2 aromatic rings. The Morgan fingerprint density at radius 2 is 1.81 bits per heavy atom. The van der Waals surface area contributed by atoms with Crippen LogP contribution in [0, 0.1) is 0 Å². The highest BCUT2D eigenvalue weighted by atomic mass is 127. The lowest BCUT2D eigenvalue weighted by Crippen LogP contribution is -2.38. The molecule has 0 amide bonds. The summed E-state index contributed by atoms with van der Waals surface area (Å²) in [5.74, 6) is 0.791. The van der Waals surface area contributed by atoms with Crippen molar-refractivity contribution in [2.45, 2.75) is 19.5 Å². The number of aliphatic imine (C=N–C) groups is 1. The van der Waals surface area contributed by atoms with Gasteiger partial charge in [-0.25, -0.2) is 0 Å². The molecule has 0 aromatic heterocycles. The average Bonchev–Trinajstić information content (AvgIpc) is 3.09. The van der Waals surface area contributed by atoms with E-state index in [0.717, 1.165) is 38.6 Å². The molecule has 0 spiro atoms. The van der Waals surface area contributed by atoms with Crippen LogP contribution in [0.2, 0.25) is 0 Å². The van der Waals surface area contributed by atoms with Gasteiger partial charge in [0.15, 0.2) is 5.96 Å². The van der Waals surface area contributed by atoms with Gasteiger partial charge in [-0.2, -0.15) is 0 Å². The Kier molecular flexibility index (Phi) is 8.87. The molecule has 0 aliphatic carbocycles. The van der Waals surface area contributed by atoms with Gasteiger partial charge in [-0.15, -0.1) is 24.0 Å². The van der Waals surface area contributed by atoms with Crippen LogP contribution >= 0.6 is 24.0 Å². The van der Waals surface area contributed by atoms with Gasteiger partial charge in [0.25, 0.3) is 0 Å². The lowest BCUT2D eigenvalue weighted by molar-refractivity contribution is 0.203. The first-order chi connectivity index (χ1) is 12.8. The zero-order valence-electron chi connectivity index (χ0n) is 16.1. The number of hydrogen-bond donors (Lipinski definition) is 2. The van der Waals surface area contributed by atoms with Crippen LogP contribution in [0.4, 0.5) is 5.69 Å². The SMILES string of the molecule is CN=C(NCCOC)NCc1ccc(CN2CCc3ccccc32)cc1.I. The van der Waals surface area contributed by atoms with Crippen molar-refractivity contribution in [2.75, 3.05) is 38.8 Å². The van der Waals surface area contributed by atoms with Crippen LogP contribution in [0.15, 0.2) is 53.5 Å². The van der Waals surface area contributed by atoms with Crippen LogP contribution in [0.1, 0.15) is 16.7 Å². The first kappa shape index (κ1) is 21.5. The van der Waals surface area contributed by atoms with Crippen LogP contribution in [-0.4, -0.2) is 39.8 Å². The second-order valence-electron chi connectivity index (χ2n) is 6.46. The largest absolute Gasteiger partial charge is 0.383 e. The Bertz CT molecular complexity index is 733. The van der Waals surface area contributed by atoms with Gasteiger partial charge in [-0.3, -0.25) is 4.99 Å². The maximum atomic E-state index is 5.04.